The molecule has 214 valence electrons. The lowest BCUT2D eigenvalue weighted by Crippen LogP contribution is -2.83. The van der Waals surface area contributed by atoms with Crippen LogP contribution < -0.4 is 11.1 Å². The van der Waals surface area contributed by atoms with Crippen molar-refractivity contribution in [1.29, 1.82) is 0 Å². The van der Waals surface area contributed by atoms with Gasteiger partial charge in [0.2, 0.25) is 11.8 Å². The molecule has 4 amide bonds. The van der Waals surface area contributed by atoms with Crippen LogP contribution in [0.4, 0.5) is 4.79 Å². The molecule has 2 fully saturated rings. The Morgan fingerprint density at radius 3 is 2.40 bits per heavy atom. The molecular formula is C33H33N5O4. The standard InChI is InChI=1S/C33H33N5O4/c34-33-22-36(21-26-11-6-10-25-9-4-5-12-28(25)26)31(41)29(19-23-13-15-27(39)16-14-23)38(33)30(40)17-18-37(33)32(42)35-20-24-7-2-1-3-8-24/h1-16,29,39H,17-22,34H2,(H,35,42)/t29?,33-/m0/s1. The van der Waals surface area contributed by atoms with Gasteiger partial charge < -0.3 is 15.3 Å². The number of fused-ring (bicyclic) bond motifs is 2. The van der Waals surface area contributed by atoms with E-state index in [4.69, 9.17) is 5.73 Å². The monoisotopic (exact) mass is 563 g/mol. The Balaban J connectivity index is 1.36. The van der Waals surface area contributed by atoms with Crippen LogP contribution in [-0.2, 0) is 29.1 Å². The van der Waals surface area contributed by atoms with Crippen LogP contribution in [0.15, 0.2) is 97.1 Å². The Hall–Kier alpha value is -4.89. The van der Waals surface area contributed by atoms with E-state index >= 15 is 0 Å². The van der Waals surface area contributed by atoms with Gasteiger partial charge in [-0.25, -0.2) is 4.79 Å². The highest BCUT2D eigenvalue weighted by Gasteiger charge is 2.56. The second-order valence-electron chi connectivity index (χ2n) is 10.9. The maximum atomic E-state index is 14.2. The van der Waals surface area contributed by atoms with Crippen LogP contribution >= 0.6 is 0 Å². The molecule has 0 aromatic heterocycles. The number of rotatable bonds is 6. The number of nitrogens with one attached hydrogen (secondary N) is 1. The van der Waals surface area contributed by atoms with Crippen LogP contribution in [0.3, 0.4) is 0 Å². The lowest BCUT2D eigenvalue weighted by atomic mass is 9.94. The van der Waals surface area contributed by atoms with Gasteiger partial charge in [-0.1, -0.05) is 84.9 Å². The minimum absolute atomic E-state index is 0.0361. The molecule has 4 aromatic carbocycles. The molecule has 1 unspecified atom stereocenters. The van der Waals surface area contributed by atoms with Crippen LogP contribution in [-0.4, -0.2) is 62.6 Å². The first-order valence-corrected chi connectivity index (χ1v) is 14.1. The van der Waals surface area contributed by atoms with Crippen LogP contribution in [0.2, 0.25) is 0 Å². The third-order valence-corrected chi connectivity index (χ3v) is 8.17. The Labute approximate surface area is 244 Å². The fraction of sp³-hybridized carbons (Fsp3) is 0.242. The number of benzene rings is 4. The van der Waals surface area contributed by atoms with Crippen LogP contribution in [0.25, 0.3) is 10.8 Å². The first-order valence-electron chi connectivity index (χ1n) is 14.1. The zero-order chi connectivity index (χ0) is 29.3. The van der Waals surface area contributed by atoms with Crippen LogP contribution in [0, 0.1) is 0 Å². The number of hydrogen-bond acceptors (Lipinski definition) is 5. The average molecular weight is 564 g/mol. The van der Waals surface area contributed by atoms with Crippen LogP contribution in [0.1, 0.15) is 23.1 Å². The molecule has 2 aliphatic rings. The Kier molecular flexibility index (Phi) is 7.26. The highest BCUT2D eigenvalue weighted by atomic mass is 16.3. The molecule has 4 aromatic rings. The second kappa shape index (κ2) is 11.2. The van der Waals surface area contributed by atoms with Crippen molar-refractivity contribution < 1.29 is 19.5 Å². The maximum Gasteiger partial charge on any atom is 0.320 e. The van der Waals surface area contributed by atoms with E-state index in [1.54, 1.807) is 29.2 Å². The zero-order valence-corrected chi connectivity index (χ0v) is 23.1. The number of aromatic hydroxyl groups is 1. The molecule has 2 saturated heterocycles. The van der Waals surface area contributed by atoms with E-state index in [1.807, 2.05) is 72.8 Å². The molecule has 42 heavy (non-hydrogen) atoms. The molecule has 2 aliphatic heterocycles. The van der Waals surface area contributed by atoms with Crippen molar-refractivity contribution in [2.24, 2.45) is 5.73 Å². The highest BCUT2D eigenvalue weighted by Crippen LogP contribution is 2.34. The van der Waals surface area contributed by atoms with Gasteiger partial charge in [0.1, 0.15) is 11.8 Å². The number of nitrogens with two attached hydrogens (primary N) is 1. The highest BCUT2D eigenvalue weighted by molar-refractivity contribution is 5.92. The van der Waals surface area contributed by atoms with E-state index in [0.717, 1.165) is 27.5 Å². The summed E-state index contributed by atoms with van der Waals surface area (Å²) in [6.45, 7) is 0.669. The van der Waals surface area contributed by atoms with Gasteiger partial charge in [0.05, 0.1) is 6.54 Å². The molecule has 0 saturated carbocycles. The van der Waals surface area contributed by atoms with E-state index < -0.39 is 17.9 Å². The number of piperazine rings is 1. The summed E-state index contributed by atoms with van der Waals surface area (Å²) in [5.41, 5.74) is 9.74. The number of nitrogens with zero attached hydrogens (tertiary/aromatic N) is 3. The molecule has 9 heteroatoms. The third-order valence-electron chi connectivity index (χ3n) is 8.17. The van der Waals surface area contributed by atoms with Crippen molar-refractivity contribution in [1.82, 2.24) is 20.0 Å². The van der Waals surface area contributed by atoms with E-state index in [-0.39, 0.29) is 50.0 Å². The van der Waals surface area contributed by atoms with E-state index in [9.17, 15) is 19.5 Å². The van der Waals surface area contributed by atoms with Crippen molar-refractivity contribution in [2.75, 3.05) is 13.1 Å². The normalized spacial score (nSPS) is 20.5. The summed E-state index contributed by atoms with van der Waals surface area (Å²) in [4.78, 5) is 45.9. The lowest BCUT2D eigenvalue weighted by Gasteiger charge is -2.58. The second-order valence-corrected chi connectivity index (χ2v) is 10.9. The molecule has 2 atom stereocenters. The van der Waals surface area contributed by atoms with Gasteiger partial charge in [0.15, 0.2) is 5.79 Å². The number of phenols is 1. The predicted octanol–water partition coefficient (Wildman–Crippen LogP) is 3.56. The zero-order valence-electron chi connectivity index (χ0n) is 23.1. The number of carbonyl (C=O) groups excluding carboxylic acids is 3. The predicted molar refractivity (Wildman–Crippen MR) is 159 cm³/mol. The molecule has 0 radical (unpaired) electrons. The summed E-state index contributed by atoms with van der Waals surface area (Å²) in [6, 6.07) is 28.7. The lowest BCUT2D eigenvalue weighted by molar-refractivity contribution is -0.184. The van der Waals surface area contributed by atoms with E-state index in [0.29, 0.717) is 6.54 Å². The minimum Gasteiger partial charge on any atom is -0.508 e. The molecule has 4 N–H and O–H groups in total. The smallest absolute Gasteiger partial charge is 0.320 e. The minimum atomic E-state index is -1.56. The van der Waals surface area contributed by atoms with Gasteiger partial charge in [-0.05, 0) is 39.6 Å². The SMILES string of the molecule is N[C@]12CN(Cc3cccc4ccccc34)C(=O)C(Cc3ccc(O)cc3)N1C(=O)CCN2C(=O)NCc1ccccc1. The Morgan fingerprint density at radius 2 is 1.62 bits per heavy atom. The number of phenolic OH excluding ortho intramolecular Hbond substituents is 1. The topological polar surface area (TPSA) is 119 Å². The molecule has 2 heterocycles. The van der Waals surface area contributed by atoms with Crippen molar-refractivity contribution in [3.05, 3.63) is 114 Å². The van der Waals surface area contributed by atoms with Crippen molar-refractivity contribution in [3.63, 3.8) is 0 Å². The van der Waals surface area contributed by atoms with Gasteiger partial charge in [-0.15, -0.1) is 0 Å². The molecule has 0 spiro atoms. The number of carbonyl (C=O) groups is 3. The summed E-state index contributed by atoms with van der Waals surface area (Å²) >= 11 is 0. The van der Waals surface area contributed by atoms with Crippen molar-refractivity contribution in [2.45, 2.75) is 37.8 Å². The summed E-state index contributed by atoms with van der Waals surface area (Å²) in [5, 5.41) is 14.8. The van der Waals surface area contributed by atoms with Gasteiger partial charge in [0, 0.05) is 32.5 Å². The Morgan fingerprint density at radius 1 is 0.905 bits per heavy atom. The van der Waals surface area contributed by atoms with Crippen LogP contribution in [0.5, 0.6) is 5.75 Å². The van der Waals surface area contributed by atoms with Gasteiger partial charge in [0.25, 0.3) is 0 Å². The first-order chi connectivity index (χ1) is 20.3. The van der Waals surface area contributed by atoms with Crippen molar-refractivity contribution >= 4 is 28.6 Å². The quantitative estimate of drug-likeness (QED) is 0.332. The van der Waals surface area contributed by atoms with E-state index in [2.05, 4.69) is 5.32 Å². The molecule has 9 nitrogen and oxygen atoms in total. The molecule has 0 aliphatic carbocycles. The van der Waals surface area contributed by atoms with E-state index in [1.165, 1.54) is 9.80 Å². The summed E-state index contributed by atoms with van der Waals surface area (Å²) in [5.74, 6) is -1.96. The fourth-order valence-corrected chi connectivity index (χ4v) is 6.10. The summed E-state index contributed by atoms with van der Waals surface area (Å²) in [6.07, 6.45) is 0.246. The number of urea groups is 1. The first kappa shape index (κ1) is 27.3. The molecule has 6 rings (SSSR count). The third kappa shape index (κ3) is 5.14. The average Bonchev–Trinajstić information content (AvgIpc) is 3.00. The number of amides is 4. The summed E-state index contributed by atoms with van der Waals surface area (Å²) in [7, 11) is 0. The molecular weight excluding hydrogens is 530 g/mol. The summed E-state index contributed by atoms with van der Waals surface area (Å²) < 4.78 is 0. The fourth-order valence-electron chi connectivity index (χ4n) is 6.10. The van der Waals surface area contributed by atoms with Gasteiger partial charge in [-0.2, -0.15) is 0 Å². The van der Waals surface area contributed by atoms with Crippen molar-refractivity contribution in [3.8, 4) is 5.75 Å². The molecule has 0 bridgehead atoms. The largest absolute Gasteiger partial charge is 0.508 e. The van der Waals surface area contributed by atoms with Gasteiger partial charge >= 0.3 is 6.03 Å². The number of hydrogen-bond donors (Lipinski definition) is 3. The Bertz CT molecular complexity index is 1620. The van der Waals surface area contributed by atoms with Gasteiger partial charge in [-0.3, -0.25) is 25.1 Å². The maximum absolute atomic E-state index is 14.2.